The van der Waals surface area contributed by atoms with Crippen LogP contribution in [0.4, 0.5) is 5.69 Å². The highest BCUT2D eigenvalue weighted by molar-refractivity contribution is 7.09. The maximum absolute atomic E-state index is 12.0. The Bertz CT molecular complexity index is 592. The maximum Gasteiger partial charge on any atom is 0.253 e. The van der Waals surface area contributed by atoms with E-state index in [-0.39, 0.29) is 5.91 Å². The Morgan fingerprint density at radius 1 is 1.40 bits per heavy atom. The van der Waals surface area contributed by atoms with Crippen LogP contribution in [0.2, 0.25) is 0 Å². The highest BCUT2D eigenvalue weighted by Gasteiger charge is 2.09. The number of hydrogen-bond donors (Lipinski definition) is 2. The normalized spacial score (nSPS) is 10.8. The molecule has 1 amide bonds. The van der Waals surface area contributed by atoms with Crippen molar-refractivity contribution in [3.8, 4) is 0 Å². The van der Waals surface area contributed by atoms with Gasteiger partial charge < -0.3 is 11.1 Å². The number of carbonyl (C=O) groups excluding carboxylic acids is 1. The second kappa shape index (κ2) is 6.52. The van der Waals surface area contributed by atoms with E-state index >= 15 is 0 Å². The topological polar surface area (TPSA) is 68.0 Å². The second-order valence-corrected chi connectivity index (χ2v) is 5.81. The molecule has 0 aliphatic rings. The molecule has 0 fully saturated rings. The fraction of sp³-hybridized carbons (Fsp3) is 0.333. The molecule has 0 saturated carbocycles. The predicted molar refractivity (Wildman–Crippen MR) is 83.1 cm³/mol. The number of carbonyl (C=O) groups is 1. The average molecular weight is 289 g/mol. The Morgan fingerprint density at radius 2 is 2.15 bits per heavy atom. The smallest absolute Gasteiger partial charge is 0.253 e. The van der Waals surface area contributed by atoms with Crippen LogP contribution >= 0.6 is 11.3 Å². The molecule has 0 aliphatic carbocycles. The maximum atomic E-state index is 12.0. The molecule has 20 heavy (non-hydrogen) atoms. The summed E-state index contributed by atoms with van der Waals surface area (Å²) in [5.74, 6) is 0.315. The van der Waals surface area contributed by atoms with Crippen molar-refractivity contribution in [2.75, 3.05) is 12.3 Å². The predicted octanol–water partition coefficient (Wildman–Crippen LogP) is 2.82. The van der Waals surface area contributed by atoms with Crippen LogP contribution in [0, 0.1) is 0 Å². The summed E-state index contributed by atoms with van der Waals surface area (Å²) >= 11 is 1.67. The summed E-state index contributed by atoms with van der Waals surface area (Å²) in [7, 11) is 0. The third kappa shape index (κ3) is 3.57. The van der Waals surface area contributed by atoms with Crippen LogP contribution in [-0.4, -0.2) is 17.4 Å². The van der Waals surface area contributed by atoms with Gasteiger partial charge in [-0.05, 0) is 12.1 Å². The average Bonchev–Trinajstić information content (AvgIpc) is 2.88. The van der Waals surface area contributed by atoms with E-state index in [4.69, 9.17) is 5.73 Å². The van der Waals surface area contributed by atoms with Crippen molar-refractivity contribution < 1.29 is 4.79 Å². The number of nitrogens with zero attached hydrogens (tertiary/aromatic N) is 1. The van der Waals surface area contributed by atoms with Gasteiger partial charge in [0.2, 0.25) is 0 Å². The lowest BCUT2D eigenvalue weighted by Crippen LogP contribution is -2.26. The van der Waals surface area contributed by atoms with Gasteiger partial charge in [0, 0.05) is 30.0 Å². The third-order valence-electron chi connectivity index (χ3n) is 2.94. The molecule has 3 N–H and O–H groups in total. The molecule has 0 aliphatic heterocycles. The van der Waals surface area contributed by atoms with Gasteiger partial charge in [0.05, 0.1) is 16.3 Å². The van der Waals surface area contributed by atoms with Crippen LogP contribution in [0.25, 0.3) is 0 Å². The Kier molecular flexibility index (Phi) is 4.74. The standard InChI is InChI=1S/C15H19N3OS/c1-10(2)15-18-11(9-20-15)7-8-17-14(19)12-5-3-4-6-13(12)16/h3-6,9-10H,7-8,16H2,1-2H3,(H,17,19). The SMILES string of the molecule is CC(C)c1nc(CCNC(=O)c2ccccc2N)cs1. The number of hydrogen-bond acceptors (Lipinski definition) is 4. The summed E-state index contributed by atoms with van der Waals surface area (Å²) in [6, 6.07) is 7.07. The summed E-state index contributed by atoms with van der Waals surface area (Å²) in [6.07, 6.45) is 0.738. The summed E-state index contributed by atoms with van der Waals surface area (Å²) in [5.41, 5.74) is 7.82. The lowest BCUT2D eigenvalue weighted by molar-refractivity contribution is 0.0955. The van der Waals surface area contributed by atoms with Crippen molar-refractivity contribution in [2.24, 2.45) is 0 Å². The van der Waals surface area contributed by atoms with Gasteiger partial charge in [-0.15, -0.1) is 11.3 Å². The van der Waals surface area contributed by atoms with E-state index in [2.05, 4.69) is 29.5 Å². The first-order valence-electron chi connectivity index (χ1n) is 6.65. The van der Waals surface area contributed by atoms with Gasteiger partial charge >= 0.3 is 0 Å². The number of anilines is 1. The highest BCUT2D eigenvalue weighted by atomic mass is 32.1. The van der Waals surface area contributed by atoms with Crippen molar-refractivity contribution in [1.82, 2.24) is 10.3 Å². The molecular formula is C15H19N3OS. The molecular weight excluding hydrogens is 270 g/mol. The fourth-order valence-electron chi connectivity index (χ4n) is 1.81. The second-order valence-electron chi connectivity index (χ2n) is 4.92. The first-order valence-corrected chi connectivity index (χ1v) is 7.53. The third-order valence-corrected chi connectivity index (χ3v) is 4.13. The van der Waals surface area contributed by atoms with E-state index in [0.717, 1.165) is 17.1 Å². The number of thiazole rings is 1. The summed E-state index contributed by atoms with van der Waals surface area (Å²) < 4.78 is 0. The molecule has 4 nitrogen and oxygen atoms in total. The number of benzene rings is 1. The van der Waals surface area contributed by atoms with Crippen molar-refractivity contribution in [2.45, 2.75) is 26.2 Å². The zero-order valence-electron chi connectivity index (χ0n) is 11.7. The van der Waals surface area contributed by atoms with Crippen LogP contribution in [-0.2, 0) is 6.42 Å². The van der Waals surface area contributed by atoms with E-state index in [1.165, 1.54) is 0 Å². The fourth-order valence-corrected chi connectivity index (χ4v) is 2.68. The van der Waals surface area contributed by atoms with Crippen LogP contribution in [0.5, 0.6) is 0 Å². The first-order chi connectivity index (χ1) is 9.58. The molecule has 1 heterocycles. The lowest BCUT2D eigenvalue weighted by Gasteiger charge is -2.06. The number of aromatic nitrogens is 1. The van der Waals surface area contributed by atoms with E-state index in [1.807, 2.05) is 6.07 Å². The molecule has 0 unspecified atom stereocenters. The van der Waals surface area contributed by atoms with Crippen molar-refractivity contribution in [3.63, 3.8) is 0 Å². The molecule has 1 aromatic carbocycles. The number of nitrogen functional groups attached to an aromatic ring is 1. The van der Waals surface area contributed by atoms with E-state index in [0.29, 0.717) is 23.7 Å². The quantitative estimate of drug-likeness (QED) is 0.832. The van der Waals surface area contributed by atoms with Gasteiger partial charge in [-0.25, -0.2) is 4.98 Å². The highest BCUT2D eigenvalue weighted by Crippen LogP contribution is 2.19. The Labute approximate surface area is 123 Å². The Hall–Kier alpha value is -1.88. The molecule has 2 aromatic rings. The molecule has 0 atom stereocenters. The number of para-hydroxylation sites is 1. The van der Waals surface area contributed by atoms with Gasteiger partial charge in [0.1, 0.15) is 0 Å². The summed E-state index contributed by atoms with van der Waals surface area (Å²) in [5, 5.41) is 6.06. The van der Waals surface area contributed by atoms with E-state index in [1.54, 1.807) is 29.5 Å². The van der Waals surface area contributed by atoms with Gasteiger partial charge in [-0.2, -0.15) is 0 Å². The Morgan fingerprint density at radius 3 is 2.80 bits per heavy atom. The molecule has 5 heteroatoms. The minimum absolute atomic E-state index is 0.137. The minimum atomic E-state index is -0.137. The van der Waals surface area contributed by atoms with Gasteiger partial charge in [0.15, 0.2) is 0 Å². The van der Waals surface area contributed by atoms with Crippen LogP contribution < -0.4 is 11.1 Å². The Balaban J connectivity index is 1.86. The molecule has 106 valence electrons. The number of rotatable bonds is 5. The van der Waals surface area contributed by atoms with Crippen LogP contribution in [0.1, 0.15) is 40.8 Å². The van der Waals surface area contributed by atoms with Gasteiger partial charge in [-0.3, -0.25) is 4.79 Å². The minimum Gasteiger partial charge on any atom is -0.398 e. The molecule has 1 aromatic heterocycles. The van der Waals surface area contributed by atoms with Crippen LogP contribution in [0.15, 0.2) is 29.6 Å². The lowest BCUT2D eigenvalue weighted by atomic mass is 10.1. The molecule has 2 rings (SSSR count). The number of nitrogens with one attached hydrogen (secondary N) is 1. The number of amides is 1. The van der Waals surface area contributed by atoms with Gasteiger partial charge in [0.25, 0.3) is 5.91 Å². The molecule has 0 radical (unpaired) electrons. The monoisotopic (exact) mass is 289 g/mol. The number of nitrogens with two attached hydrogens (primary N) is 1. The molecule has 0 bridgehead atoms. The summed E-state index contributed by atoms with van der Waals surface area (Å²) in [6.45, 7) is 4.82. The van der Waals surface area contributed by atoms with Crippen molar-refractivity contribution >= 4 is 22.9 Å². The van der Waals surface area contributed by atoms with E-state index < -0.39 is 0 Å². The van der Waals surface area contributed by atoms with Crippen LogP contribution in [0.3, 0.4) is 0 Å². The van der Waals surface area contributed by atoms with Crippen molar-refractivity contribution in [3.05, 3.63) is 45.9 Å². The van der Waals surface area contributed by atoms with Crippen molar-refractivity contribution in [1.29, 1.82) is 0 Å². The zero-order valence-corrected chi connectivity index (χ0v) is 12.5. The first kappa shape index (κ1) is 14.5. The summed E-state index contributed by atoms with van der Waals surface area (Å²) in [4.78, 5) is 16.5. The molecule has 0 spiro atoms. The van der Waals surface area contributed by atoms with Gasteiger partial charge in [-0.1, -0.05) is 26.0 Å². The van der Waals surface area contributed by atoms with E-state index in [9.17, 15) is 4.79 Å². The largest absolute Gasteiger partial charge is 0.398 e. The molecule has 0 saturated heterocycles. The zero-order chi connectivity index (χ0) is 14.5.